The first-order chi connectivity index (χ1) is 9.95. The number of benzene rings is 1. The van der Waals surface area contributed by atoms with E-state index in [1.807, 2.05) is 0 Å². The van der Waals surface area contributed by atoms with Crippen LogP contribution in [0.3, 0.4) is 0 Å². The van der Waals surface area contributed by atoms with Gasteiger partial charge in [-0.3, -0.25) is 15.0 Å². The highest BCUT2D eigenvalue weighted by Gasteiger charge is 2.35. The molecule has 0 atom stereocenters. The van der Waals surface area contributed by atoms with Gasteiger partial charge in [-0.15, -0.1) is 0 Å². The second kappa shape index (κ2) is 5.78. The van der Waals surface area contributed by atoms with E-state index in [1.165, 1.54) is 5.01 Å². The van der Waals surface area contributed by atoms with Crippen molar-refractivity contribution in [2.75, 3.05) is 11.6 Å². The molecular weight excluding hydrogens is 272 g/mol. The summed E-state index contributed by atoms with van der Waals surface area (Å²) in [6, 6.07) is 6.26. The summed E-state index contributed by atoms with van der Waals surface area (Å²) >= 11 is 0. The molecule has 0 aliphatic carbocycles. The maximum absolute atomic E-state index is 12.2. The fourth-order valence-corrected chi connectivity index (χ4v) is 2.00. The summed E-state index contributed by atoms with van der Waals surface area (Å²) in [5.74, 6) is -1.25. The maximum atomic E-state index is 12.2. The molecule has 0 aromatic heterocycles. The minimum atomic E-state index is -0.425. The minimum Gasteiger partial charge on any atom is -0.462 e. The maximum Gasteiger partial charge on any atom is 0.338 e. The molecule has 1 aromatic rings. The summed E-state index contributed by atoms with van der Waals surface area (Å²) in [6.45, 7) is 5.44. The highest BCUT2D eigenvalue weighted by Crippen LogP contribution is 2.22. The smallest absolute Gasteiger partial charge is 0.338 e. The fraction of sp³-hybridized carbons (Fsp3) is 0.267. The monoisotopic (exact) mass is 288 g/mol. The Kier molecular flexibility index (Phi) is 4.07. The van der Waals surface area contributed by atoms with Gasteiger partial charge < -0.3 is 4.74 Å². The molecule has 21 heavy (non-hydrogen) atoms. The van der Waals surface area contributed by atoms with Crippen molar-refractivity contribution < 1.29 is 19.1 Å². The van der Waals surface area contributed by atoms with Crippen LogP contribution in [0.5, 0.6) is 0 Å². The lowest BCUT2D eigenvalue weighted by Crippen LogP contribution is -2.35. The number of carbonyl (C=O) groups excluding carboxylic acids is 3. The molecule has 0 saturated carbocycles. The summed E-state index contributed by atoms with van der Waals surface area (Å²) in [4.78, 5) is 35.5. The fourth-order valence-electron chi connectivity index (χ4n) is 2.00. The van der Waals surface area contributed by atoms with Crippen LogP contribution in [0, 0.1) is 0 Å². The number of rotatable bonds is 3. The van der Waals surface area contributed by atoms with Gasteiger partial charge in [0.2, 0.25) is 0 Å². The quantitative estimate of drug-likeness (QED) is 0.520. The van der Waals surface area contributed by atoms with Gasteiger partial charge in [0.15, 0.2) is 0 Å². The third kappa shape index (κ3) is 2.79. The van der Waals surface area contributed by atoms with Crippen LogP contribution in [-0.2, 0) is 14.3 Å². The Balaban J connectivity index is 2.25. The molecule has 1 aromatic carbocycles. The highest BCUT2D eigenvalue weighted by molar-refractivity contribution is 6.29. The van der Waals surface area contributed by atoms with Crippen LogP contribution in [0.1, 0.15) is 31.1 Å². The lowest BCUT2D eigenvalue weighted by molar-refractivity contribution is -0.117. The van der Waals surface area contributed by atoms with Gasteiger partial charge in [-0.2, -0.15) is 0 Å². The molecule has 2 rings (SSSR count). The first-order valence-electron chi connectivity index (χ1n) is 6.55. The molecule has 0 radical (unpaired) electrons. The number of anilines is 1. The molecule has 1 N–H and O–H groups in total. The molecule has 1 aliphatic heterocycles. The SMILES string of the molecule is CCOC(=O)c1ccc(N2NC(=O)C(=C(C)C)C2=O)cc1. The van der Waals surface area contributed by atoms with Gasteiger partial charge >= 0.3 is 5.97 Å². The summed E-state index contributed by atoms with van der Waals surface area (Å²) in [6.07, 6.45) is 0. The zero-order valence-corrected chi connectivity index (χ0v) is 12.1. The highest BCUT2D eigenvalue weighted by atomic mass is 16.5. The number of allylic oxidation sites excluding steroid dienone is 1. The van der Waals surface area contributed by atoms with Crippen LogP contribution >= 0.6 is 0 Å². The lowest BCUT2D eigenvalue weighted by atomic mass is 10.1. The molecule has 1 saturated heterocycles. The molecule has 1 fully saturated rings. The average Bonchev–Trinajstić information content (AvgIpc) is 2.74. The standard InChI is InChI=1S/C15H16N2O4/c1-4-21-15(20)10-5-7-11(8-6-10)17-14(19)12(9(2)3)13(18)16-17/h5-8H,4H2,1-3H3,(H,16,18). The molecule has 2 amide bonds. The first-order valence-corrected chi connectivity index (χ1v) is 6.55. The topological polar surface area (TPSA) is 75.7 Å². The molecule has 1 heterocycles. The third-order valence-corrected chi connectivity index (χ3v) is 2.99. The third-order valence-electron chi connectivity index (χ3n) is 2.99. The van der Waals surface area contributed by atoms with Crippen molar-refractivity contribution in [2.24, 2.45) is 0 Å². The van der Waals surface area contributed by atoms with E-state index in [4.69, 9.17) is 4.74 Å². The first kappa shape index (κ1) is 14.8. The Morgan fingerprint density at radius 1 is 1.19 bits per heavy atom. The predicted octanol–water partition coefficient (Wildman–Crippen LogP) is 1.58. The van der Waals surface area contributed by atoms with Crippen molar-refractivity contribution >= 4 is 23.5 Å². The van der Waals surface area contributed by atoms with Crippen LogP contribution in [0.15, 0.2) is 35.4 Å². The largest absolute Gasteiger partial charge is 0.462 e. The average molecular weight is 288 g/mol. The van der Waals surface area contributed by atoms with E-state index in [2.05, 4.69) is 5.43 Å². The van der Waals surface area contributed by atoms with E-state index in [0.717, 1.165) is 0 Å². The van der Waals surface area contributed by atoms with Gasteiger partial charge in [-0.1, -0.05) is 5.57 Å². The van der Waals surface area contributed by atoms with Crippen molar-refractivity contribution in [2.45, 2.75) is 20.8 Å². The summed E-state index contributed by atoms with van der Waals surface area (Å²) in [5.41, 5.74) is 4.17. The van der Waals surface area contributed by atoms with E-state index in [1.54, 1.807) is 45.0 Å². The van der Waals surface area contributed by atoms with Gasteiger partial charge in [0.25, 0.3) is 11.8 Å². The Bertz CT molecular complexity index is 628. The van der Waals surface area contributed by atoms with Gasteiger partial charge in [0.05, 0.1) is 17.9 Å². The molecule has 6 heteroatoms. The Morgan fingerprint density at radius 3 is 2.29 bits per heavy atom. The van der Waals surface area contributed by atoms with Gasteiger partial charge in [-0.25, -0.2) is 9.80 Å². The molecule has 6 nitrogen and oxygen atoms in total. The Labute approximate surface area is 122 Å². The van der Waals surface area contributed by atoms with Gasteiger partial charge in [0.1, 0.15) is 5.57 Å². The zero-order valence-electron chi connectivity index (χ0n) is 12.1. The van der Waals surface area contributed by atoms with Crippen molar-refractivity contribution in [3.63, 3.8) is 0 Å². The number of ether oxygens (including phenoxy) is 1. The predicted molar refractivity (Wildman–Crippen MR) is 76.4 cm³/mol. The van der Waals surface area contributed by atoms with Crippen LogP contribution in [0.4, 0.5) is 5.69 Å². The Hall–Kier alpha value is -2.63. The number of amides is 2. The Morgan fingerprint density at radius 2 is 1.81 bits per heavy atom. The lowest BCUT2D eigenvalue weighted by Gasteiger charge is -2.14. The zero-order chi connectivity index (χ0) is 15.6. The number of hydrazine groups is 1. The normalized spacial score (nSPS) is 14.2. The number of carbonyl (C=O) groups is 3. The number of esters is 1. The number of hydrogen-bond donors (Lipinski definition) is 1. The molecule has 110 valence electrons. The number of nitrogens with zero attached hydrogens (tertiary/aromatic N) is 1. The molecule has 0 unspecified atom stereocenters. The van der Waals surface area contributed by atoms with Crippen molar-refractivity contribution in [3.8, 4) is 0 Å². The summed E-state index contributed by atoms with van der Waals surface area (Å²) < 4.78 is 4.88. The molecular formula is C15H16N2O4. The van der Waals surface area contributed by atoms with E-state index >= 15 is 0 Å². The van der Waals surface area contributed by atoms with Crippen molar-refractivity contribution in [1.29, 1.82) is 0 Å². The number of hydrogen-bond acceptors (Lipinski definition) is 4. The van der Waals surface area contributed by atoms with E-state index < -0.39 is 17.8 Å². The van der Waals surface area contributed by atoms with E-state index in [0.29, 0.717) is 23.4 Å². The van der Waals surface area contributed by atoms with Gasteiger partial charge in [-0.05, 0) is 45.0 Å². The van der Waals surface area contributed by atoms with Crippen LogP contribution < -0.4 is 10.4 Å². The van der Waals surface area contributed by atoms with Crippen LogP contribution in [0.2, 0.25) is 0 Å². The molecule has 0 bridgehead atoms. The summed E-state index contributed by atoms with van der Waals surface area (Å²) in [5, 5.41) is 1.17. The number of nitrogens with one attached hydrogen (secondary N) is 1. The van der Waals surface area contributed by atoms with Gasteiger partial charge in [0, 0.05) is 0 Å². The molecule has 0 spiro atoms. The second-order valence-corrected chi connectivity index (χ2v) is 4.72. The summed E-state index contributed by atoms with van der Waals surface area (Å²) in [7, 11) is 0. The van der Waals surface area contributed by atoms with Crippen LogP contribution in [0.25, 0.3) is 0 Å². The minimum absolute atomic E-state index is 0.143. The van der Waals surface area contributed by atoms with E-state index in [-0.39, 0.29) is 5.57 Å². The van der Waals surface area contributed by atoms with Crippen LogP contribution in [-0.4, -0.2) is 24.4 Å². The molecule has 1 aliphatic rings. The van der Waals surface area contributed by atoms with Crippen molar-refractivity contribution in [3.05, 3.63) is 41.0 Å². The van der Waals surface area contributed by atoms with E-state index in [9.17, 15) is 14.4 Å². The van der Waals surface area contributed by atoms with Crippen molar-refractivity contribution in [1.82, 2.24) is 5.43 Å². The second-order valence-electron chi connectivity index (χ2n) is 4.72.